The number of carbonyl (C=O) groups excluding carboxylic acids is 1. The number of benzene rings is 1. The standard InChI is InChI=1S/C22H27N7O2/c1-13-10-18-8-6-7-9-19(18)28-21(13)26-27(22(28)31)12-14(2)23-20(30)11-15(3)29-17(5)24-16(4)25-29/h6-10,14-15H,11-12H2,1-5H3,(H,23,30)/t14-,15-/m0/s1. The van der Waals surface area contributed by atoms with Gasteiger partial charge in [-0.25, -0.2) is 23.5 Å². The molecule has 0 spiro atoms. The second-order valence-electron chi connectivity index (χ2n) is 8.18. The number of amides is 1. The van der Waals surface area contributed by atoms with E-state index in [-0.39, 0.29) is 36.6 Å². The van der Waals surface area contributed by atoms with Crippen LogP contribution in [-0.2, 0) is 11.3 Å². The van der Waals surface area contributed by atoms with Crippen LogP contribution in [0.3, 0.4) is 0 Å². The monoisotopic (exact) mass is 421 g/mol. The smallest absolute Gasteiger partial charge is 0.350 e. The van der Waals surface area contributed by atoms with Crippen LogP contribution in [0.25, 0.3) is 16.6 Å². The molecule has 0 aliphatic heterocycles. The molecule has 4 rings (SSSR count). The first kappa shape index (κ1) is 20.8. The topological polar surface area (TPSA) is 99.1 Å². The Kier molecular flexibility index (Phi) is 5.34. The molecule has 31 heavy (non-hydrogen) atoms. The van der Waals surface area contributed by atoms with Crippen LogP contribution in [0.15, 0.2) is 35.1 Å². The number of rotatable bonds is 6. The van der Waals surface area contributed by atoms with Crippen molar-refractivity contribution in [2.45, 2.75) is 59.7 Å². The van der Waals surface area contributed by atoms with E-state index in [0.717, 1.165) is 22.3 Å². The molecule has 0 saturated heterocycles. The van der Waals surface area contributed by atoms with E-state index in [4.69, 9.17) is 0 Å². The summed E-state index contributed by atoms with van der Waals surface area (Å²) in [6, 6.07) is 9.41. The zero-order valence-electron chi connectivity index (χ0n) is 18.5. The van der Waals surface area contributed by atoms with Crippen molar-refractivity contribution in [1.82, 2.24) is 34.3 Å². The molecule has 1 N–H and O–H groups in total. The zero-order valence-corrected chi connectivity index (χ0v) is 18.5. The van der Waals surface area contributed by atoms with Crippen molar-refractivity contribution in [3.63, 3.8) is 0 Å². The lowest BCUT2D eigenvalue weighted by atomic mass is 10.1. The first-order valence-corrected chi connectivity index (χ1v) is 10.4. The van der Waals surface area contributed by atoms with Gasteiger partial charge in [0, 0.05) is 12.5 Å². The Bertz CT molecular complexity index is 1330. The van der Waals surface area contributed by atoms with Crippen LogP contribution in [0.1, 0.15) is 43.5 Å². The summed E-state index contributed by atoms with van der Waals surface area (Å²) in [4.78, 5) is 29.9. The number of fused-ring (bicyclic) bond motifs is 3. The molecule has 1 aromatic carbocycles. The second-order valence-corrected chi connectivity index (χ2v) is 8.18. The van der Waals surface area contributed by atoms with E-state index >= 15 is 0 Å². The predicted molar refractivity (Wildman–Crippen MR) is 118 cm³/mol. The van der Waals surface area contributed by atoms with Gasteiger partial charge in [0.2, 0.25) is 5.91 Å². The molecule has 0 saturated carbocycles. The number of nitrogens with zero attached hydrogens (tertiary/aromatic N) is 6. The van der Waals surface area contributed by atoms with Gasteiger partial charge in [0.25, 0.3) is 0 Å². The Hall–Kier alpha value is -3.49. The van der Waals surface area contributed by atoms with Crippen LogP contribution in [0.5, 0.6) is 0 Å². The van der Waals surface area contributed by atoms with Gasteiger partial charge in [-0.2, -0.15) is 5.10 Å². The first-order chi connectivity index (χ1) is 14.7. The molecule has 1 amide bonds. The molecule has 0 bridgehead atoms. The lowest BCUT2D eigenvalue weighted by Gasteiger charge is -2.16. The minimum Gasteiger partial charge on any atom is -0.352 e. The minimum atomic E-state index is -0.257. The highest BCUT2D eigenvalue weighted by atomic mass is 16.2. The lowest BCUT2D eigenvalue weighted by molar-refractivity contribution is -0.122. The molecular weight excluding hydrogens is 394 g/mol. The first-order valence-electron chi connectivity index (χ1n) is 10.4. The van der Waals surface area contributed by atoms with Crippen LogP contribution in [0.4, 0.5) is 0 Å². The van der Waals surface area contributed by atoms with E-state index in [2.05, 4.69) is 20.5 Å². The van der Waals surface area contributed by atoms with Gasteiger partial charge in [-0.3, -0.25) is 4.79 Å². The zero-order chi connectivity index (χ0) is 22.3. The summed E-state index contributed by atoms with van der Waals surface area (Å²) in [6.45, 7) is 9.74. The quantitative estimate of drug-likeness (QED) is 0.515. The highest BCUT2D eigenvalue weighted by molar-refractivity contribution is 5.83. The summed E-state index contributed by atoms with van der Waals surface area (Å²) in [5, 5.41) is 12.8. The van der Waals surface area contributed by atoms with E-state index in [0.29, 0.717) is 11.5 Å². The van der Waals surface area contributed by atoms with Gasteiger partial charge in [-0.05, 0) is 57.7 Å². The fourth-order valence-corrected chi connectivity index (χ4v) is 4.06. The van der Waals surface area contributed by atoms with E-state index in [1.807, 2.05) is 65.0 Å². The molecule has 0 aliphatic rings. The van der Waals surface area contributed by atoms with Crippen molar-refractivity contribution < 1.29 is 4.79 Å². The van der Waals surface area contributed by atoms with E-state index in [1.165, 1.54) is 4.68 Å². The number of hydrogen-bond donors (Lipinski definition) is 1. The van der Waals surface area contributed by atoms with Crippen LogP contribution in [-0.4, -0.2) is 40.9 Å². The summed E-state index contributed by atoms with van der Waals surface area (Å²) in [5.41, 5.74) is 2.17. The Morgan fingerprint density at radius 2 is 1.87 bits per heavy atom. The van der Waals surface area contributed by atoms with Crippen LogP contribution < -0.4 is 11.0 Å². The summed E-state index contributed by atoms with van der Waals surface area (Å²) in [6.07, 6.45) is 0.276. The molecule has 9 heteroatoms. The maximum Gasteiger partial charge on any atom is 0.350 e. The third-order valence-corrected chi connectivity index (χ3v) is 5.40. The highest BCUT2D eigenvalue weighted by Gasteiger charge is 2.18. The van der Waals surface area contributed by atoms with Gasteiger partial charge in [0.1, 0.15) is 11.6 Å². The maximum absolute atomic E-state index is 13.1. The van der Waals surface area contributed by atoms with Crippen molar-refractivity contribution >= 4 is 22.5 Å². The van der Waals surface area contributed by atoms with Gasteiger partial charge in [0.05, 0.1) is 18.1 Å². The second kappa shape index (κ2) is 7.98. The van der Waals surface area contributed by atoms with Crippen molar-refractivity contribution in [3.05, 3.63) is 58.0 Å². The minimum absolute atomic E-state index is 0.106. The fraction of sp³-hybridized carbons (Fsp3) is 0.409. The average molecular weight is 422 g/mol. The molecule has 4 aromatic rings. The Labute approximate surface area is 179 Å². The summed E-state index contributed by atoms with van der Waals surface area (Å²) >= 11 is 0. The number of nitrogens with one attached hydrogen (secondary N) is 1. The Morgan fingerprint density at radius 3 is 2.58 bits per heavy atom. The largest absolute Gasteiger partial charge is 0.352 e. The summed E-state index contributed by atoms with van der Waals surface area (Å²) in [5.74, 6) is 1.36. The van der Waals surface area contributed by atoms with Crippen LogP contribution in [0.2, 0.25) is 0 Å². The van der Waals surface area contributed by atoms with Crippen molar-refractivity contribution in [3.8, 4) is 0 Å². The number of carbonyl (C=O) groups is 1. The Morgan fingerprint density at radius 1 is 1.13 bits per heavy atom. The molecule has 0 aliphatic carbocycles. The number of aryl methyl sites for hydroxylation is 3. The number of hydrogen-bond acceptors (Lipinski definition) is 5. The molecule has 162 valence electrons. The molecular formula is C22H27N7O2. The van der Waals surface area contributed by atoms with Crippen LogP contribution >= 0.6 is 0 Å². The molecule has 0 unspecified atom stereocenters. The van der Waals surface area contributed by atoms with Gasteiger partial charge >= 0.3 is 5.69 Å². The lowest BCUT2D eigenvalue weighted by Crippen LogP contribution is -2.39. The van der Waals surface area contributed by atoms with Gasteiger partial charge in [0.15, 0.2) is 5.65 Å². The number of pyridine rings is 1. The van der Waals surface area contributed by atoms with Crippen LogP contribution in [0, 0.1) is 20.8 Å². The molecule has 3 heterocycles. The van der Waals surface area contributed by atoms with Crippen molar-refractivity contribution in [1.29, 1.82) is 0 Å². The molecule has 2 atom stereocenters. The number of aromatic nitrogens is 6. The van der Waals surface area contributed by atoms with E-state index in [9.17, 15) is 9.59 Å². The maximum atomic E-state index is 13.1. The Balaban J connectivity index is 1.50. The van der Waals surface area contributed by atoms with E-state index < -0.39 is 0 Å². The fourth-order valence-electron chi connectivity index (χ4n) is 4.06. The van der Waals surface area contributed by atoms with Gasteiger partial charge < -0.3 is 5.32 Å². The summed E-state index contributed by atoms with van der Waals surface area (Å²) in [7, 11) is 0. The third kappa shape index (κ3) is 3.95. The number of para-hydroxylation sites is 1. The average Bonchev–Trinajstić information content (AvgIpc) is 3.21. The third-order valence-electron chi connectivity index (χ3n) is 5.40. The molecule has 0 radical (unpaired) electrons. The predicted octanol–water partition coefficient (Wildman–Crippen LogP) is 2.32. The molecule has 0 fully saturated rings. The SMILES string of the molecule is Cc1nc(C)n([C@@H](C)CC(=O)N[C@@H](C)Cn2nc3c(C)cc4ccccc4n3c2=O)n1. The molecule has 9 nitrogen and oxygen atoms in total. The van der Waals surface area contributed by atoms with Crippen molar-refractivity contribution in [2.75, 3.05) is 0 Å². The molecule has 3 aromatic heterocycles. The van der Waals surface area contributed by atoms with Gasteiger partial charge in [-0.15, -0.1) is 5.10 Å². The van der Waals surface area contributed by atoms with Gasteiger partial charge in [-0.1, -0.05) is 18.2 Å². The van der Waals surface area contributed by atoms with Crippen molar-refractivity contribution in [2.24, 2.45) is 0 Å². The highest BCUT2D eigenvalue weighted by Crippen LogP contribution is 2.18. The normalized spacial score (nSPS) is 13.6. The van der Waals surface area contributed by atoms with E-state index in [1.54, 1.807) is 9.08 Å². The summed E-state index contributed by atoms with van der Waals surface area (Å²) < 4.78 is 4.82.